The number of benzene rings is 1. The Labute approximate surface area is 86.5 Å². The SMILES string of the molecule is C[C@H](O)CCc1ccc(F)c([N+](=O)[O-])c1. The van der Waals surface area contributed by atoms with Crippen molar-refractivity contribution in [3.05, 3.63) is 39.7 Å². The van der Waals surface area contributed by atoms with Gasteiger partial charge < -0.3 is 5.11 Å². The summed E-state index contributed by atoms with van der Waals surface area (Å²) < 4.78 is 12.9. The van der Waals surface area contributed by atoms with E-state index in [2.05, 4.69) is 0 Å². The highest BCUT2D eigenvalue weighted by atomic mass is 19.1. The molecule has 0 saturated heterocycles. The van der Waals surface area contributed by atoms with Crippen molar-refractivity contribution in [2.45, 2.75) is 25.9 Å². The number of rotatable bonds is 4. The van der Waals surface area contributed by atoms with Gasteiger partial charge in [-0.1, -0.05) is 6.07 Å². The van der Waals surface area contributed by atoms with Gasteiger partial charge >= 0.3 is 5.69 Å². The Morgan fingerprint density at radius 1 is 1.60 bits per heavy atom. The Bertz CT molecular complexity index is 366. The molecule has 1 aromatic carbocycles. The molecule has 0 spiro atoms. The van der Waals surface area contributed by atoms with Gasteiger partial charge in [-0.05, 0) is 31.4 Å². The Hall–Kier alpha value is -1.49. The first kappa shape index (κ1) is 11.6. The third kappa shape index (κ3) is 3.28. The van der Waals surface area contributed by atoms with Gasteiger partial charge in [0.05, 0.1) is 11.0 Å². The molecule has 1 atom stereocenters. The van der Waals surface area contributed by atoms with Crippen LogP contribution in [0.4, 0.5) is 10.1 Å². The quantitative estimate of drug-likeness (QED) is 0.615. The van der Waals surface area contributed by atoms with Gasteiger partial charge in [0.25, 0.3) is 0 Å². The molecule has 0 saturated carbocycles. The molecular formula is C10H12FNO3. The Morgan fingerprint density at radius 3 is 2.80 bits per heavy atom. The summed E-state index contributed by atoms with van der Waals surface area (Å²) in [6.07, 6.45) is 0.538. The lowest BCUT2D eigenvalue weighted by Gasteiger charge is -2.04. The predicted molar refractivity (Wildman–Crippen MR) is 53.1 cm³/mol. The third-order valence-corrected chi connectivity index (χ3v) is 2.06. The average Bonchev–Trinajstić information content (AvgIpc) is 2.16. The summed E-state index contributed by atoms with van der Waals surface area (Å²) in [7, 11) is 0. The molecule has 0 amide bonds. The smallest absolute Gasteiger partial charge is 0.305 e. The van der Waals surface area contributed by atoms with Gasteiger partial charge in [-0.25, -0.2) is 0 Å². The van der Waals surface area contributed by atoms with E-state index in [1.807, 2.05) is 0 Å². The zero-order valence-electron chi connectivity index (χ0n) is 8.31. The number of hydrogen-bond acceptors (Lipinski definition) is 3. The highest BCUT2D eigenvalue weighted by Crippen LogP contribution is 2.19. The maximum Gasteiger partial charge on any atom is 0.305 e. The van der Waals surface area contributed by atoms with Crippen molar-refractivity contribution in [3.8, 4) is 0 Å². The predicted octanol–water partition coefficient (Wildman–Crippen LogP) is 2.05. The number of nitrogens with zero attached hydrogens (tertiary/aromatic N) is 1. The highest BCUT2D eigenvalue weighted by molar-refractivity contribution is 5.36. The average molecular weight is 213 g/mol. The number of nitro groups is 1. The Kier molecular flexibility index (Phi) is 3.74. The van der Waals surface area contributed by atoms with E-state index >= 15 is 0 Å². The molecule has 0 aliphatic heterocycles. The van der Waals surface area contributed by atoms with Crippen LogP contribution in [0.1, 0.15) is 18.9 Å². The van der Waals surface area contributed by atoms with Crippen LogP contribution in [-0.2, 0) is 6.42 Å². The summed E-state index contributed by atoms with van der Waals surface area (Å²) in [5, 5.41) is 19.5. The number of aryl methyl sites for hydroxylation is 1. The molecule has 0 bridgehead atoms. The molecule has 0 fully saturated rings. The Balaban J connectivity index is 2.83. The van der Waals surface area contributed by atoms with Crippen molar-refractivity contribution in [2.24, 2.45) is 0 Å². The third-order valence-electron chi connectivity index (χ3n) is 2.06. The van der Waals surface area contributed by atoms with E-state index in [0.717, 1.165) is 6.07 Å². The van der Waals surface area contributed by atoms with E-state index in [4.69, 9.17) is 5.11 Å². The van der Waals surface area contributed by atoms with Crippen LogP contribution in [0.15, 0.2) is 18.2 Å². The molecule has 82 valence electrons. The van der Waals surface area contributed by atoms with E-state index in [1.54, 1.807) is 6.92 Å². The van der Waals surface area contributed by atoms with Gasteiger partial charge in [0.15, 0.2) is 0 Å². The van der Waals surface area contributed by atoms with Crippen LogP contribution in [0.3, 0.4) is 0 Å². The molecule has 15 heavy (non-hydrogen) atoms. The van der Waals surface area contributed by atoms with E-state index in [9.17, 15) is 14.5 Å². The molecule has 1 aromatic rings. The van der Waals surface area contributed by atoms with E-state index in [0.29, 0.717) is 18.4 Å². The second kappa shape index (κ2) is 4.84. The van der Waals surface area contributed by atoms with Crippen molar-refractivity contribution >= 4 is 5.69 Å². The summed E-state index contributed by atoms with van der Waals surface area (Å²) in [6, 6.07) is 3.78. The molecular weight excluding hydrogens is 201 g/mol. The van der Waals surface area contributed by atoms with Crippen LogP contribution >= 0.6 is 0 Å². The van der Waals surface area contributed by atoms with Crippen molar-refractivity contribution in [3.63, 3.8) is 0 Å². The monoisotopic (exact) mass is 213 g/mol. The number of aliphatic hydroxyl groups is 1. The molecule has 0 aliphatic rings. The summed E-state index contributed by atoms with van der Waals surface area (Å²) in [6.45, 7) is 1.64. The fraction of sp³-hybridized carbons (Fsp3) is 0.400. The maximum absolute atomic E-state index is 12.9. The number of aliphatic hydroxyl groups excluding tert-OH is 1. The van der Waals surface area contributed by atoms with E-state index in [-0.39, 0.29) is 0 Å². The first-order chi connectivity index (χ1) is 7.00. The normalized spacial score (nSPS) is 12.5. The molecule has 0 unspecified atom stereocenters. The second-order valence-electron chi connectivity index (χ2n) is 3.43. The minimum atomic E-state index is -0.833. The van der Waals surface area contributed by atoms with Gasteiger partial charge in [-0.2, -0.15) is 4.39 Å². The summed E-state index contributed by atoms with van der Waals surface area (Å²) >= 11 is 0. The molecule has 0 heterocycles. The van der Waals surface area contributed by atoms with Crippen molar-refractivity contribution in [1.82, 2.24) is 0 Å². The molecule has 1 N–H and O–H groups in total. The molecule has 0 radical (unpaired) electrons. The first-order valence-electron chi connectivity index (χ1n) is 4.61. The highest BCUT2D eigenvalue weighted by Gasteiger charge is 2.14. The van der Waals surface area contributed by atoms with Crippen LogP contribution < -0.4 is 0 Å². The minimum Gasteiger partial charge on any atom is -0.393 e. The van der Waals surface area contributed by atoms with Crippen LogP contribution in [0.25, 0.3) is 0 Å². The zero-order valence-corrected chi connectivity index (χ0v) is 8.31. The molecule has 1 rings (SSSR count). The topological polar surface area (TPSA) is 63.4 Å². The lowest BCUT2D eigenvalue weighted by atomic mass is 10.1. The van der Waals surface area contributed by atoms with Gasteiger partial charge in [0.2, 0.25) is 5.82 Å². The van der Waals surface area contributed by atoms with Crippen LogP contribution in [0.2, 0.25) is 0 Å². The van der Waals surface area contributed by atoms with E-state index in [1.165, 1.54) is 12.1 Å². The molecule has 5 heteroatoms. The summed E-state index contributed by atoms with van der Waals surface area (Å²) in [5.74, 6) is -0.833. The molecule has 4 nitrogen and oxygen atoms in total. The maximum atomic E-state index is 12.9. The van der Waals surface area contributed by atoms with Crippen LogP contribution in [0.5, 0.6) is 0 Å². The minimum absolute atomic E-state index is 0.464. The molecule has 0 aliphatic carbocycles. The second-order valence-corrected chi connectivity index (χ2v) is 3.43. The summed E-state index contributed by atoms with van der Waals surface area (Å²) in [4.78, 5) is 9.68. The van der Waals surface area contributed by atoms with Crippen LogP contribution in [-0.4, -0.2) is 16.1 Å². The van der Waals surface area contributed by atoms with Gasteiger partial charge in [0, 0.05) is 6.07 Å². The van der Waals surface area contributed by atoms with Crippen molar-refractivity contribution in [1.29, 1.82) is 0 Å². The van der Waals surface area contributed by atoms with E-state index < -0.39 is 22.5 Å². The number of nitro benzene ring substituents is 1. The summed E-state index contributed by atoms with van der Waals surface area (Å²) in [5.41, 5.74) is 0.141. The lowest BCUT2D eigenvalue weighted by Crippen LogP contribution is -2.02. The van der Waals surface area contributed by atoms with Crippen LogP contribution in [0, 0.1) is 15.9 Å². The fourth-order valence-electron chi connectivity index (χ4n) is 1.23. The lowest BCUT2D eigenvalue weighted by molar-refractivity contribution is -0.387. The van der Waals surface area contributed by atoms with Gasteiger partial charge in [0.1, 0.15) is 0 Å². The van der Waals surface area contributed by atoms with Gasteiger partial charge in [-0.3, -0.25) is 10.1 Å². The first-order valence-corrected chi connectivity index (χ1v) is 4.61. The standard InChI is InChI=1S/C10H12FNO3/c1-7(13)2-3-8-4-5-9(11)10(6-8)12(14)15/h4-7,13H,2-3H2,1H3/t7-/m0/s1. The Morgan fingerprint density at radius 2 is 2.27 bits per heavy atom. The zero-order chi connectivity index (χ0) is 11.4. The largest absolute Gasteiger partial charge is 0.393 e. The fourth-order valence-corrected chi connectivity index (χ4v) is 1.23. The number of halogens is 1. The number of hydrogen-bond donors (Lipinski definition) is 1. The van der Waals surface area contributed by atoms with Gasteiger partial charge in [-0.15, -0.1) is 0 Å². The molecule has 0 aromatic heterocycles. The van der Waals surface area contributed by atoms with Crippen molar-refractivity contribution in [2.75, 3.05) is 0 Å². The van der Waals surface area contributed by atoms with Crippen molar-refractivity contribution < 1.29 is 14.4 Å².